The van der Waals surface area contributed by atoms with Gasteiger partial charge in [0.05, 0.1) is 7.11 Å². The van der Waals surface area contributed by atoms with Crippen molar-refractivity contribution in [3.63, 3.8) is 0 Å². The van der Waals surface area contributed by atoms with Gasteiger partial charge in [0.25, 0.3) is 0 Å². The minimum atomic E-state index is 0.351. The molecule has 4 rings (SSSR count). The van der Waals surface area contributed by atoms with Crippen LogP contribution in [0.4, 0.5) is 0 Å². The van der Waals surface area contributed by atoms with E-state index in [2.05, 4.69) is 23.1 Å². The van der Waals surface area contributed by atoms with E-state index >= 15 is 0 Å². The van der Waals surface area contributed by atoms with Crippen molar-refractivity contribution in [2.24, 2.45) is 5.92 Å². The highest BCUT2D eigenvalue weighted by Gasteiger charge is 2.41. The highest BCUT2D eigenvalue weighted by Crippen LogP contribution is 2.41. The third-order valence-electron chi connectivity index (χ3n) is 5.78. The lowest BCUT2D eigenvalue weighted by Gasteiger charge is -2.36. The van der Waals surface area contributed by atoms with Crippen LogP contribution in [-0.4, -0.2) is 30.0 Å². The molecule has 1 amide bonds. The highest BCUT2D eigenvalue weighted by atomic mass is 16.5. The zero-order chi connectivity index (χ0) is 16.5. The summed E-state index contributed by atoms with van der Waals surface area (Å²) in [6.07, 6.45) is 11.4. The lowest BCUT2D eigenvalue weighted by Crippen LogP contribution is -2.44. The van der Waals surface area contributed by atoms with E-state index in [1.807, 2.05) is 12.1 Å². The molecule has 128 valence electrons. The number of fused-ring (bicyclic) bond motifs is 2. The van der Waals surface area contributed by atoms with Crippen molar-refractivity contribution in [1.82, 2.24) is 4.90 Å². The van der Waals surface area contributed by atoms with Gasteiger partial charge in [-0.1, -0.05) is 23.8 Å². The Labute approximate surface area is 144 Å². The van der Waals surface area contributed by atoms with Crippen LogP contribution in [0.2, 0.25) is 0 Å². The molecule has 2 unspecified atom stereocenters. The molecule has 24 heavy (non-hydrogen) atoms. The zero-order valence-corrected chi connectivity index (χ0v) is 14.5. The van der Waals surface area contributed by atoms with Crippen LogP contribution in [0.1, 0.15) is 50.5 Å². The number of hydrogen-bond donors (Lipinski definition) is 0. The lowest BCUT2D eigenvalue weighted by molar-refractivity contribution is -0.134. The van der Waals surface area contributed by atoms with Crippen molar-refractivity contribution in [3.05, 3.63) is 41.5 Å². The van der Waals surface area contributed by atoms with E-state index in [0.717, 1.165) is 30.9 Å². The van der Waals surface area contributed by atoms with Crippen LogP contribution in [0, 0.1) is 5.92 Å². The van der Waals surface area contributed by atoms with Gasteiger partial charge in [-0.2, -0.15) is 0 Å². The summed E-state index contributed by atoms with van der Waals surface area (Å²) in [6, 6.07) is 9.01. The maximum absolute atomic E-state index is 12.8. The molecule has 2 atom stereocenters. The van der Waals surface area contributed by atoms with Crippen molar-refractivity contribution >= 4 is 5.91 Å². The molecule has 3 heteroatoms. The molecule has 0 aromatic heterocycles. The molecule has 0 N–H and O–H groups in total. The summed E-state index contributed by atoms with van der Waals surface area (Å²) < 4.78 is 5.19. The van der Waals surface area contributed by atoms with Crippen LogP contribution < -0.4 is 4.74 Å². The van der Waals surface area contributed by atoms with Crippen LogP contribution in [0.3, 0.4) is 0 Å². The average Bonchev–Trinajstić information content (AvgIpc) is 3.37. The Hall–Kier alpha value is -1.77. The van der Waals surface area contributed by atoms with Gasteiger partial charge >= 0.3 is 0 Å². The second-order valence-electron chi connectivity index (χ2n) is 7.60. The standard InChI is InChI=1S/C21H27NO2/c1-24-20-9-4-15(5-10-20)6-11-21(23)22-18-7-8-19(22)14-17(13-18)12-16-2-3-16/h4-5,9-10,12,16,18-19H,2-3,6-8,11,13-14H2,1H3. The van der Waals surface area contributed by atoms with Crippen molar-refractivity contribution in [2.75, 3.05) is 7.11 Å². The summed E-state index contributed by atoms with van der Waals surface area (Å²) in [5.41, 5.74) is 2.84. The molecule has 2 aliphatic heterocycles. The molecule has 0 spiro atoms. The van der Waals surface area contributed by atoms with E-state index in [1.54, 1.807) is 12.7 Å². The molecule has 1 aromatic rings. The van der Waals surface area contributed by atoms with Gasteiger partial charge in [0.2, 0.25) is 5.91 Å². The molecular weight excluding hydrogens is 298 g/mol. The normalized spacial score (nSPS) is 25.7. The van der Waals surface area contributed by atoms with Crippen LogP contribution in [0.15, 0.2) is 35.9 Å². The number of hydrogen-bond acceptors (Lipinski definition) is 2. The first kappa shape index (κ1) is 15.7. The van der Waals surface area contributed by atoms with E-state index in [4.69, 9.17) is 4.74 Å². The molecule has 0 radical (unpaired) electrons. The van der Waals surface area contributed by atoms with Gasteiger partial charge in [0.1, 0.15) is 5.75 Å². The van der Waals surface area contributed by atoms with Crippen molar-refractivity contribution < 1.29 is 9.53 Å². The smallest absolute Gasteiger partial charge is 0.223 e. The van der Waals surface area contributed by atoms with Gasteiger partial charge in [-0.25, -0.2) is 0 Å². The zero-order valence-electron chi connectivity index (χ0n) is 14.5. The maximum atomic E-state index is 12.8. The van der Waals surface area contributed by atoms with Crippen molar-refractivity contribution in [3.8, 4) is 5.75 Å². The van der Waals surface area contributed by atoms with Crippen LogP contribution >= 0.6 is 0 Å². The number of aryl methyl sites for hydroxylation is 1. The average molecular weight is 325 g/mol. The fraction of sp³-hybridized carbons (Fsp3) is 0.571. The number of piperidine rings is 1. The predicted octanol–water partition coefficient (Wildman–Crippen LogP) is 4.12. The van der Waals surface area contributed by atoms with Gasteiger partial charge in [0.15, 0.2) is 0 Å². The van der Waals surface area contributed by atoms with E-state index < -0.39 is 0 Å². The Kier molecular flexibility index (Phi) is 4.34. The molecule has 3 aliphatic rings. The SMILES string of the molecule is COc1ccc(CCC(=O)N2C3CCC2CC(=CC2CC2)C3)cc1. The molecule has 2 saturated heterocycles. The maximum Gasteiger partial charge on any atom is 0.223 e. The van der Waals surface area contributed by atoms with Gasteiger partial charge < -0.3 is 9.64 Å². The molecule has 3 fully saturated rings. The van der Waals surface area contributed by atoms with E-state index in [9.17, 15) is 4.79 Å². The topological polar surface area (TPSA) is 29.5 Å². The number of carbonyl (C=O) groups excluding carboxylic acids is 1. The summed E-state index contributed by atoms with van der Waals surface area (Å²) >= 11 is 0. The Morgan fingerprint density at radius 3 is 2.38 bits per heavy atom. The second-order valence-corrected chi connectivity index (χ2v) is 7.60. The van der Waals surface area contributed by atoms with Gasteiger partial charge in [-0.3, -0.25) is 4.79 Å². The summed E-state index contributed by atoms with van der Waals surface area (Å²) in [4.78, 5) is 15.0. The third-order valence-corrected chi connectivity index (χ3v) is 5.78. The molecular formula is C21H27NO2. The molecule has 1 saturated carbocycles. The van der Waals surface area contributed by atoms with Crippen LogP contribution in [-0.2, 0) is 11.2 Å². The van der Waals surface area contributed by atoms with Gasteiger partial charge in [-0.15, -0.1) is 0 Å². The number of benzene rings is 1. The number of carbonyl (C=O) groups is 1. The largest absolute Gasteiger partial charge is 0.497 e. The van der Waals surface area contributed by atoms with Crippen LogP contribution in [0.5, 0.6) is 5.75 Å². The summed E-state index contributed by atoms with van der Waals surface area (Å²) in [7, 11) is 1.68. The Morgan fingerprint density at radius 2 is 1.79 bits per heavy atom. The van der Waals surface area contributed by atoms with Crippen molar-refractivity contribution in [1.29, 1.82) is 0 Å². The number of rotatable bonds is 5. The first-order valence-corrected chi connectivity index (χ1v) is 9.36. The highest BCUT2D eigenvalue weighted by molar-refractivity contribution is 5.78. The number of amides is 1. The van der Waals surface area contributed by atoms with Gasteiger partial charge in [-0.05, 0) is 68.6 Å². The quantitative estimate of drug-likeness (QED) is 0.762. The van der Waals surface area contributed by atoms with E-state index in [-0.39, 0.29) is 0 Å². The number of nitrogens with zero attached hydrogens (tertiary/aromatic N) is 1. The number of methoxy groups -OCH3 is 1. The Balaban J connectivity index is 1.34. The Morgan fingerprint density at radius 1 is 1.12 bits per heavy atom. The van der Waals surface area contributed by atoms with E-state index in [0.29, 0.717) is 24.4 Å². The summed E-state index contributed by atoms with van der Waals surface area (Å²) in [6.45, 7) is 0. The first-order valence-electron chi connectivity index (χ1n) is 9.36. The Bertz CT molecular complexity index is 614. The summed E-state index contributed by atoms with van der Waals surface area (Å²) in [5.74, 6) is 2.08. The number of allylic oxidation sites excluding steroid dienone is 1. The first-order chi connectivity index (χ1) is 11.7. The fourth-order valence-electron chi connectivity index (χ4n) is 4.36. The molecule has 3 nitrogen and oxygen atoms in total. The predicted molar refractivity (Wildman–Crippen MR) is 95.0 cm³/mol. The summed E-state index contributed by atoms with van der Waals surface area (Å²) in [5, 5.41) is 0. The van der Waals surface area contributed by atoms with E-state index in [1.165, 1.54) is 31.2 Å². The van der Waals surface area contributed by atoms with Gasteiger partial charge in [0, 0.05) is 18.5 Å². The molecule has 2 bridgehead atoms. The number of ether oxygens (including phenoxy) is 1. The molecule has 1 aromatic carbocycles. The molecule has 1 aliphatic carbocycles. The van der Waals surface area contributed by atoms with Crippen LogP contribution in [0.25, 0.3) is 0 Å². The lowest BCUT2D eigenvalue weighted by atomic mass is 9.94. The monoisotopic (exact) mass is 325 g/mol. The minimum Gasteiger partial charge on any atom is -0.497 e. The minimum absolute atomic E-state index is 0.351. The fourth-order valence-corrected chi connectivity index (χ4v) is 4.36. The third kappa shape index (κ3) is 3.35. The van der Waals surface area contributed by atoms with Crippen molar-refractivity contribution in [2.45, 2.75) is 63.5 Å². The molecule has 2 heterocycles. The second kappa shape index (κ2) is 6.62.